The molecule has 0 radical (unpaired) electrons. The van der Waals surface area contributed by atoms with Crippen LogP contribution in [0.3, 0.4) is 0 Å². The van der Waals surface area contributed by atoms with Crippen LogP contribution in [-0.2, 0) is 0 Å². The van der Waals surface area contributed by atoms with Crippen LogP contribution in [0.25, 0.3) is 11.0 Å². The van der Waals surface area contributed by atoms with E-state index >= 15 is 0 Å². The Kier molecular flexibility index (Phi) is 5.67. The van der Waals surface area contributed by atoms with Gasteiger partial charge in [-0.3, -0.25) is 4.90 Å². The lowest BCUT2D eigenvalue weighted by atomic mass is 9.82. The first-order chi connectivity index (χ1) is 15.7. The number of aromatic nitrogens is 2. The van der Waals surface area contributed by atoms with Gasteiger partial charge in [-0.15, -0.1) is 0 Å². The second-order valence-corrected chi connectivity index (χ2v) is 11.3. The summed E-state index contributed by atoms with van der Waals surface area (Å²) in [4.78, 5) is 10.7. The molecule has 4 fully saturated rings. The maximum Gasteiger partial charge on any atom is 0.206 e. The van der Waals surface area contributed by atoms with Gasteiger partial charge in [0.15, 0.2) is 0 Å². The molecule has 5 nitrogen and oxygen atoms in total. The predicted octanol–water partition coefficient (Wildman–Crippen LogP) is 4.83. The normalized spacial score (nSPS) is 29.8. The highest BCUT2D eigenvalue weighted by atomic mass is 15.3. The largest absolute Gasteiger partial charge is 0.342 e. The summed E-state index contributed by atoms with van der Waals surface area (Å²) in [5, 5.41) is 3.59. The number of likely N-dealkylation sites (tertiary alicyclic amines) is 1. The summed E-state index contributed by atoms with van der Waals surface area (Å²) < 4.78 is 2.64. The van der Waals surface area contributed by atoms with Crippen LogP contribution in [0, 0.1) is 11.8 Å². The molecule has 2 atom stereocenters. The Hall–Kier alpha value is -1.59. The molecular formula is C27H41N5. The Bertz CT molecular complexity index is 907. The smallest absolute Gasteiger partial charge is 0.206 e. The third kappa shape index (κ3) is 3.75. The average Bonchev–Trinajstić information content (AvgIpc) is 3.49. The highest BCUT2D eigenvalue weighted by Crippen LogP contribution is 2.39. The van der Waals surface area contributed by atoms with Crippen molar-refractivity contribution in [3.8, 4) is 0 Å². The van der Waals surface area contributed by atoms with E-state index in [9.17, 15) is 0 Å². The van der Waals surface area contributed by atoms with Crippen molar-refractivity contribution in [2.45, 2.75) is 76.3 Å². The van der Waals surface area contributed by atoms with Gasteiger partial charge in [0, 0.05) is 50.8 Å². The van der Waals surface area contributed by atoms with Gasteiger partial charge in [0.05, 0.1) is 11.0 Å². The molecule has 1 saturated carbocycles. The van der Waals surface area contributed by atoms with E-state index in [1.807, 2.05) is 0 Å². The van der Waals surface area contributed by atoms with Gasteiger partial charge in [0.25, 0.3) is 0 Å². The van der Waals surface area contributed by atoms with Crippen molar-refractivity contribution < 1.29 is 0 Å². The number of para-hydroxylation sites is 2. The van der Waals surface area contributed by atoms with Crippen LogP contribution in [0.5, 0.6) is 0 Å². The summed E-state index contributed by atoms with van der Waals surface area (Å²) in [5.74, 6) is 2.84. The zero-order valence-corrected chi connectivity index (χ0v) is 19.9. The first-order valence-electron chi connectivity index (χ1n) is 13.4. The molecular weight excluding hydrogens is 394 g/mol. The molecule has 1 aromatic heterocycles. The lowest BCUT2D eigenvalue weighted by molar-refractivity contribution is 0.0443. The van der Waals surface area contributed by atoms with Crippen molar-refractivity contribution in [3.05, 3.63) is 24.3 Å². The van der Waals surface area contributed by atoms with Crippen LogP contribution in [0.2, 0.25) is 0 Å². The molecule has 2 aromatic rings. The maximum atomic E-state index is 5.20. The molecule has 2 unspecified atom stereocenters. The number of nitrogens with zero attached hydrogens (tertiary/aromatic N) is 4. The van der Waals surface area contributed by atoms with Crippen molar-refractivity contribution in [1.82, 2.24) is 19.8 Å². The molecule has 1 N–H and O–H groups in total. The average molecular weight is 436 g/mol. The van der Waals surface area contributed by atoms with Crippen molar-refractivity contribution in [3.63, 3.8) is 0 Å². The second kappa shape index (κ2) is 8.64. The van der Waals surface area contributed by atoms with Crippen molar-refractivity contribution in [2.75, 3.05) is 44.2 Å². The summed E-state index contributed by atoms with van der Waals surface area (Å²) >= 11 is 0. The molecule has 3 saturated heterocycles. The van der Waals surface area contributed by atoms with E-state index in [2.05, 4.69) is 50.9 Å². The molecule has 3 aliphatic heterocycles. The molecule has 4 aliphatic rings. The number of anilines is 1. The van der Waals surface area contributed by atoms with E-state index in [1.165, 1.54) is 101 Å². The Morgan fingerprint density at radius 3 is 2.28 bits per heavy atom. The number of benzene rings is 1. The lowest BCUT2D eigenvalue weighted by Gasteiger charge is -2.46. The fourth-order valence-electron chi connectivity index (χ4n) is 7.28. The number of rotatable bonds is 3. The molecule has 0 amide bonds. The maximum absolute atomic E-state index is 5.20. The van der Waals surface area contributed by atoms with E-state index in [0.717, 1.165) is 24.9 Å². The van der Waals surface area contributed by atoms with E-state index in [1.54, 1.807) is 0 Å². The minimum absolute atomic E-state index is 0.421. The summed E-state index contributed by atoms with van der Waals surface area (Å²) in [7, 11) is 0. The van der Waals surface area contributed by atoms with E-state index < -0.39 is 0 Å². The molecule has 0 bridgehead atoms. The first kappa shape index (κ1) is 21.0. The van der Waals surface area contributed by atoms with Crippen molar-refractivity contribution in [2.24, 2.45) is 11.8 Å². The van der Waals surface area contributed by atoms with Crippen molar-refractivity contribution in [1.29, 1.82) is 0 Å². The zero-order chi connectivity index (χ0) is 21.5. The van der Waals surface area contributed by atoms with E-state index in [0.29, 0.717) is 11.6 Å². The summed E-state index contributed by atoms with van der Waals surface area (Å²) in [6, 6.07) is 9.41. The van der Waals surface area contributed by atoms with Gasteiger partial charge in [-0.1, -0.05) is 44.2 Å². The van der Waals surface area contributed by atoms with Gasteiger partial charge in [-0.05, 0) is 56.6 Å². The molecule has 5 heteroatoms. The Labute approximate surface area is 193 Å². The van der Waals surface area contributed by atoms with Gasteiger partial charge in [0.2, 0.25) is 5.95 Å². The van der Waals surface area contributed by atoms with Crippen molar-refractivity contribution >= 4 is 17.0 Å². The third-order valence-electron chi connectivity index (χ3n) is 9.27. The SMILES string of the molecule is CC1(N2CCC(n3c(N4CC5CNCC5C4)nc4ccccc43)CC2)CCCCCCC1. The molecule has 6 rings (SSSR count). The van der Waals surface area contributed by atoms with Crippen LogP contribution in [0.15, 0.2) is 24.3 Å². The molecule has 0 spiro atoms. The first-order valence-corrected chi connectivity index (χ1v) is 13.4. The molecule has 174 valence electrons. The molecule has 4 heterocycles. The minimum Gasteiger partial charge on any atom is -0.342 e. The topological polar surface area (TPSA) is 36.3 Å². The van der Waals surface area contributed by atoms with Crippen LogP contribution >= 0.6 is 0 Å². The standard InChI is InChI=1S/C27H41N5/c1-27(13-7-3-2-4-8-14-27)31-15-11-23(12-16-31)32-25-10-6-5-9-24(25)29-26(32)30-19-21-17-28-18-22(21)20-30/h5-6,9-10,21-23,28H,2-4,7-8,11-20H2,1H3. The summed E-state index contributed by atoms with van der Waals surface area (Å²) in [6.45, 7) is 9.73. The molecule has 1 aliphatic carbocycles. The monoisotopic (exact) mass is 435 g/mol. The highest BCUT2D eigenvalue weighted by molar-refractivity contribution is 5.79. The fraction of sp³-hybridized carbons (Fsp3) is 0.741. The van der Waals surface area contributed by atoms with E-state index in [-0.39, 0.29) is 0 Å². The van der Waals surface area contributed by atoms with E-state index in [4.69, 9.17) is 4.98 Å². The highest BCUT2D eigenvalue weighted by Gasteiger charge is 2.40. The Morgan fingerprint density at radius 1 is 0.906 bits per heavy atom. The Balaban J connectivity index is 1.23. The van der Waals surface area contributed by atoms with Gasteiger partial charge in [-0.25, -0.2) is 4.98 Å². The minimum atomic E-state index is 0.421. The molecule has 1 aromatic carbocycles. The Morgan fingerprint density at radius 2 is 1.56 bits per heavy atom. The predicted molar refractivity (Wildman–Crippen MR) is 132 cm³/mol. The van der Waals surface area contributed by atoms with Gasteiger partial charge >= 0.3 is 0 Å². The lowest BCUT2D eigenvalue weighted by Crippen LogP contribution is -2.50. The number of nitrogens with one attached hydrogen (secondary N) is 1. The fourth-order valence-corrected chi connectivity index (χ4v) is 7.28. The number of fused-ring (bicyclic) bond motifs is 2. The van der Waals surface area contributed by atoms with Crippen LogP contribution < -0.4 is 10.2 Å². The number of hydrogen-bond acceptors (Lipinski definition) is 4. The zero-order valence-electron chi connectivity index (χ0n) is 19.9. The van der Waals surface area contributed by atoms with Crippen LogP contribution in [-0.4, -0.2) is 59.3 Å². The quantitative estimate of drug-likeness (QED) is 0.749. The van der Waals surface area contributed by atoms with Gasteiger partial charge < -0.3 is 14.8 Å². The number of piperidine rings is 1. The van der Waals surface area contributed by atoms with Gasteiger partial charge in [0.1, 0.15) is 0 Å². The van der Waals surface area contributed by atoms with Gasteiger partial charge in [-0.2, -0.15) is 0 Å². The third-order valence-corrected chi connectivity index (χ3v) is 9.27. The number of hydrogen-bond donors (Lipinski definition) is 1. The van der Waals surface area contributed by atoms with Crippen LogP contribution in [0.4, 0.5) is 5.95 Å². The summed E-state index contributed by atoms with van der Waals surface area (Å²) in [5.41, 5.74) is 2.94. The summed E-state index contributed by atoms with van der Waals surface area (Å²) in [6.07, 6.45) is 12.4. The second-order valence-electron chi connectivity index (χ2n) is 11.3. The van der Waals surface area contributed by atoms with Crippen LogP contribution in [0.1, 0.15) is 70.8 Å². The number of imidazole rings is 1. The molecule has 32 heavy (non-hydrogen) atoms.